The van der Waals surface area contributed by atoms with E-state index in [1.165, 1.54) is 24.0 Å². The molecule has 0 spiro atoms. The summed E-state index contributed by atoms with van der Waals surface area (Å²) < 4.78 is 5.83. The monoisotopic (exact) mass is 306 g/mol. The number of aromatic nitrogens is 1. The maximum atomic E-state index is 12.8. The maximum Gasteiger partial charge on any atom is 0.232 e. The van der Waals surface area contributed by atoms with Gasteiger partial charge in [0.05, 0.1) is 5.69 Å². The van der Waals surface area contributed by atoms with Gasteiger partial charge in [-0.15, -0.1) is 0 Å². The quantitative estimate of drug-likeness (QED) is 0.731. The van der Waals surface area contributed by atoms with Crippen LogP contribution in [0.5, 0.6) is 0 Å². The van der Waals surface area contributed by atoms with Crippen molar-refractivity contribution in [2.24, 2.45) is 0 Å². The van der Waals surface area contributed by atoms with E-state index >= 15 is 0 Å². The average molecular weight is 306 g/mol. The highest BCUT2D eigenvalue weighted by Crippen LogP contribution is 2.34. The number of furan rings is 1. The number of nitrogens with zero attached hydrogens (tertiary/aromatic N) is 1. The van der Waals surface area contributed by atoms with Crippen molar-refractivity contribution in [3.8, 4) is 0 Å². The fourth-order valence-corrected chi connectivity index (χ4v) is 3.36. The number of carbonyl (C=O) groups excluding carboxylic acids is 1. The number of nitrogens with two attached hydrogens (primary N) is 1. The van der Waals surface area contributed by atoms with E-state index in [4.69, 9.17) is 10.2 Å². The number of nitrogen functional groups attached to an aromatic ring is 1. The number of anilines is 1. The highest BCUT2D eigenvalue weighted by atomic mass is 16.3. The molecule has 0 saturated carbocycles. The van der Waals surface area contributed by atoms with Crippen molar-refractivity contribution >= 4 is 22.4 Å². The molecule has 1 aromatic carbocycles. The van der Waals surface area contributed by atoms with Crippen molar-refractivity contribution in [3.05, 3.63) is 58.6 Å². The summed E-state index contributed by atoms with van der Waals surface area (Å²) in [6.45, 7) is 1.81. The molecule has 4 rings (SSSR count). The highest BCUT2D eigenvalue weighted by molar-refractivity contribution is 6.14. The van der Waals surface area contributed by atoms with Gasteiger partial charge in [-0.2, -0.15) is 0 Å². The van der Waals surface area contributed by atoms with Gasteiger partial charge >= 0.3 is 0 Å². The molecule has 0 radical (unpaired) electrons. The van der Waals surface area contributed by atoms with Gasteiger partial charge in [0, 0.05) is 22.8 Å². The molecular weight excluding hydrogens is 288 g/mol. The molecule has 0 saturated heterocycles. The lowest BCUT2D eigenvalue weighted by Gasteiger charge is -2.14. The third-order valence-corrected chi connectivity index (χ3v) is 4.65. The Balaban J connectivity index is 1.86. The summed E-state index contributed by atoms with van der Waals surface area (Å²) in [5.41, 5.74) is 11.2. The first-order valence-corrected chi connectivity index (χ1v) is 7.95. The average Bonchev–Trinajstić information content (AvgIpc) is 2.89. The van der Waals surface area contributed by atoms with E-state index in [1.807, 2.05) is 13.0 Å². The Labute approximate surface area is 134 Å². The second-order valence-corrected chi connectivity index (χ2v) is 6.13. The Bertz CT molecular complexity index is 925. The number of hydrogen-bond donors (Lipinski definition) is 1. The predicted molar refractivity (Wildman–Crippen MR) is 89.7 cm³/mol. The summed E-state index contributed by atoms with van der Waals surface area (Å²) in [4.78, 5) is 16.9. The van der Waals surface area contributed by atoms with E-state index in [9.17, 15) is 4.79 Å². The van der Waals surface area contributed by atoms with Crippen LogP contribution < -0.4 is 5.73 Å². The number of aryl methyl sites for hydroxylation is 3. The minimum absolute atomic E-state index is 0.206. The molecule has 1 aliphatic rings. The lowest BCUT2D eigenvalue weighted by atomic mass is 9.90. The fourth-order valence-electron chi connectivity index (χ4n) is 3.36. The zero-order valence-electron chi connectivity index (χ0n) is 13.1. The second-order valence-electron chi connectivity index (χ2n) is 6.13. The van der Waals surface area contributed by atoms with Crippen LogP contribution in [0.1, 0.15) is 45.8 Å². The zero-order chi connectivity index (χ0) is 16.0. The molecule has 2 aromatic heterocycles. The fraction of sp³-hybridized carbons (Fsp3) is 0.263. The molecule has 2 heterocycles. The van der Waals surface area contributed by atoms with Gasteiger partial charge in [0.15, 0.2) is 5.76 Å². The number of pyridine rings is 1. The number of fused-ring (bicyclic) bond motifs is 2. The van der Waals surface area contributed by atoms with Gasteiger partial charge in [0.2, 0.25) is 5.78 Å². The van der Waals surface area contributed by atoms with Crippen molar-refractivity contribution in [2.45, 2.75) is 32.6 Å². The third-order valence-electron chi connectivity index (χ3n) is 4.65. The van der Waals surface area contributed by atoms with E-state index in [2.05, 4.69) is 11.1 Å². The number of carbonyl (C=O) groups is 1. The van der Waals surface area contributed by atoms with Gasteiger partial charge < -0.3 is 10.2 Å². The van der Waals surface area contributed by atoms with Crippen molar-refractivity contribution in [1.29, 1.82) is 0 Å². The zero-order valence-corrected chi connectivity index (χ0v) is 13.1. The molecule has 116 valence electrons. The number of rotatable bonds is 2. The smallest absolute Gasteiger partial charge is 0.232 e. The first kappa shape index (κ1) is 14.0. The van der Waals surface area contributed by atoms with Crippen LogP contribution in [0.2, 0.25) is 0 Å². The lowest BCUT2D eigenvalue weighted by Crippen LogP contribution is -2.06. The molecular formula is C19H18N2O2. The molecule has 23 heavy (non-hydrogen) atoms. The standard InChI is InChI=1S/C19H18N2O2/c1-11-14(7-4-8-21-11)18(22)19-17(20)15-9-12-5-2-3-6-13(12)10-16(15)23-19/h4,7-10H,2-3,5-6,20H2,1H3. The molecule has 3 aromatic rings. The molecule has 0 bridgehead atoms. The van der Waals surface area contributed by atoms with Crippen LogP contribution in [-0.2, 0) is 12.8 Å². The third kappa shape index (κ3) is 2.22. The van der Waals surface area contributed by atoms with Gasteiger partial charge in [-0.3, -0.25) is 9.78 Å². The molecule has 4 nitrogen and oxygen atoms in total. The molecule has 0 fully saturated rings. The van der Waals surface area contributed by atoms with E-state index in [1.54, 1.807) is 18.3 Å². The van der Waals surface area contributed by atoms with Crippen LogP contribution in [0.25, 0.3) is 11.0 Å². The van der Waals surface area contributed by atoms with Gasteiger partial charge in [0.25, 0.3) is 0 Å². The topological polar surface area (TPSA) is 69.1 Å². The van der Waals surface area contributed by atoms with Gasteiger partial charge in [-0.1, -0.05) is 0 Å². The first-order chi connectivity index (χ1) is 11.1. The summed E-state index contributed by atoms with van der Waals surface area (Å²) in [5, 5.41) is 0.843. The highest BCUT2D eigenvalue weighted by Gasteiger charge is 2.23. The minimum Gasteiger partial charge on any atom is -0.450 e. The van der Waals surface area contributed by atoms with Gasteiger partial charge in [-0.05, 0) is 68.0 Å². The summed E-state index contributed by atoms with van der Waals surface area (Å²) >= 11 is 0. The maximum absolute atomic E-state index is 12.8. The second kappa shape index (κ2) is 5.23. The Hall–Kier alpha value is -2.62. The minimum atomic E-state index is -0.206. The SMILES string of the molecule is Cc1ncccc1C(=O)c1oc2cc3c(cc2c1N)CCCC3. The van der Waals surface area contributed by atoms with Crippen LogP contribution >= 0.6 is 0 Å². The van der Waals surface area contributed by atoms with Crippen molar-refractivity contribution < 1.29 is 9.21 Å². The van der Waals surface area contributed by atoms with Gasteiger partial charge in [-0.25, -0.2) is 0 Å². The lowest BCUT2D eigenvalue weighted by molar-refractivity contribution is 0.101. The van der Waals surface area contributed by atoms with Crippen molar-refractivity contribution in [1.82, 2.24) is 4.98 Å². The van der Waals surface area contributed by atoms with E-state index in [0.29, 0.717) is 22.5 Å². The molecule has 0 atom stereocenters. The molecule has 0 amide bonds. The van der Waals surface area contributed by atoms with E-state index in [-0.39, 0.29) is 11.5 Å². The van der Waals surface area contributed by atoms with Crippen LogP contribution in [0.3, 0.4) is 0 Å². The van der Waals surface area contributed by atoms with Crippen LogP contribution in [0.15, 0.2) is 34.9 Å². The Morgan fingerprint density at radius 1 is 1.22 bits per heavy atom. The van der Waals surface area contributed by atoms with E-state index < -0.39 is 0 Å². The van der Waals surface area contributed by atoms with Crippen LogP contribution in [-0.4, -0.2) is 10.8 Å². The van der Waals surface area contributed by atoms with Gasteiger partial charge in [0.1, 0.15) is 5.58 Å². The Morgan fingerprint density at radius 3 is 2.70 bits per heavy atom. The molecule has 0 unspecified atom stereocenters. The first-order valence-electron chi connectivity index (χ1n) is 7.95. The largest absolute Gasteiger partial charge is 0.450 e. The van der Waals surface area contributed by atoms with Crippen molar-refractivity contribution in [3.63, 3.8) is 0 Å². The van der Waals surface area contributed by atoms with Crippen LogP contribution in [0.4, 0.5) is 5.69 Å². The number of benzene rings is 1. The molecule has 1 aliphatic carbocycles. The summed E-state index contributed by atoms with van der Waals surface area (Å²) in [7, 11) is 0. The summed E-state index contributed by atoms with van der Waals surface area (Å²) in [6.07, 6.45) is 6.21. The normalized spacial score (nSPS) is 14.0. The number of hydrogen-bond acceptors (Lipinski definition) is 4. The predicted octanol–water partition coefficient (Wildman–Crippen LogP) is 3.83. The molecule has 0 aliphatic heterocycles. The van der Waals surface area contributed by atoms with Crippen molar-refractivity contribution in [2.75, 3.05) is 5.73 Å². The molecule has 2 N–H and O–H groups in total. The number of ketones is 1. The summed E-state index contributed by atoms with van der Waals surface area (Å²) in [5.74, 6) is 0.0146. The summed E-state index contributed by atoms with van der Waals surface area (Å²) in [6, 6.07) is 7.64. The van der Waals surface area contributed by atoms with Crippen LogP contribution in [0, 0.1) is 6.92 Å². The molecule has 4 heteroatoms. The Kier molecular flexibility index (Phi) is 3.18. The Morgan fingerprint density at radius 2 is 1.96 bits per heavy atom. The van der Waals surface area contributed by atoms with E-state index in [0.717, 1.165) is 18.2 Å².